The molecule has 1 saturated carbocycles. The second kappa shape index (κ2) is 7.77. The maximum absolute atomic E-state index is 13.1. The van der Waals surface area contributed by atoms with Crippen LogP contribution in [0, 0.1) is 5.82 Å². The lowest BCUT2D eigenvalue weighted by atomic mass is 9.91. The molecule has 4 nitrogen and oxygen atoms in total. The van der Waals surface area contributed by atoms with Crippen LogP contribution in [0.3, 0.4) is 0 Å². The normalized spacial score (nSPS) is 21.7. The topological polar surface area (TPSA) is 50.4 Å². The average Bonchev–Trinajstić information content (AvgIpc) is 2.44. The Morgan fingerprint density at radius 3 is 2.48 bits per heavy atom. The highest BCUT2D eigenvalue weighted by Gasteiger charge is 2.24. The van der Waals surface area contributed by atoms with E-state index in [1.807, 2.05) is 26.8 Å². The zero-order chi connectivity index (χ0) is 16.9. The van der Waals surface area contributed by atoms with Crippen LogP contribution in [-0.4, -0.2) is 23.8 Å². The van der Waals surface area contributed by atoms with Crippen LogP contribution in [0.5, 0.6) is 0 Å². The number of benzene rings is 1. The summed E-state index contributed by atoms with van der Waals surface area (Å²) in [6.45, 7) is 6.26. The minimum absolute atomic E-state index is 0.178. The third kappa shape index (κ3) is 6.57. The summed E-state index contributed by atoms with van der Waals surface area (Å²) in [5.74, 6) is -0.199. The van der Waals surface area contributed by atoms with Gasteiger partial charge in [0.05, 0.1) is 0 Å². The zero-order valence-corrected chi connectivity index (χ0v) is 14.2. The number of rotatable bonds is 4. The Morgan fingerprint density at radius 2 is 1.87 bits per heavy atom. The number of carbonyl (C=O) groups is 1. The molecule has 0 heterocycles. The molecule has 1 aromatic rings. The predicted octanol–water partition coefficient (Wildman–Crippen LogP) is 3.75. The standard InChI is InChI=1S/C18H27FN2O2/c1-18(2,3)23-17(22)21-16-9-7-15(8-10-16)20-12-13-5-4-6-14(19)11-13/h4-6,11,15-16,20H,7-10,12H2,1-3H3,(H,21,22). The van der Waals surface area contributed by atoms with Gasteiger partial charge in [-0.3, -0.25) is 0 Å². The minimum Gasteiger partial charge on any atom is -0.444 e. The second-order valence-corrected chi connectivity index (χ2v) is 7.21. The molecule has 2 rings (SSSR count). The lowest BCUT2D eigenvalue weighted by Crippen LogP contribution is -2.43. The first-order valence-corrected chi connectivity index (χ1v) is 8.29. The van der Waals surface area contributed by atoms with Crippen LogP contribution in [0.2, 0.25) is 0 Å². The molecule has 23 heavy (non-hydrogen) atoms. The van der Waals surface area contributed by atoms with Crippen LogP contribution < -0.4 is 10.6 Å². The van der Waals surface area contributed by atoms with Gasteiger partial charge in [-0.15, -0.1) is 0 Å². The van der Waals surface area contributed by atoms with Gasteiger partial charge in [0.1, 0.15) is 11.4 Å². The van der Waals surface area contributed by atoms with Crippen molar-refractivity contribution in [3.63, 3.8) is 0 Å². The monoisotopic (exact) mass is 322 g/mol. The number of amides is 1. The van der Waals surface area contributed by atoms with Gasteiger partial charge in [-0.1, -0.05) is 12.1 Å². The van der Waals surface area contributed by atoms with Crippen LogP contribution in [0.4, 0.5) is 9.18 Å². The lowest BCUT2D eigenvalue weighted by Gasteiger charge is -2.30. The molecule has 0 atom stereocenters. The summed E-state index contributed by atoms with van der Waals surface area (Å²) in [5, 5.41) is 6.41. The molecule has 0 saturated heterocycles. The van der Waals surface area contributed by atoms with Gasteiger partial charge >= 0.3 is 6.09 Å². The summed E-state index contributed by atoms with van der Waals surface area (Å²) >= 11 is 0. The highest BCUT2D eigenvalue weighted by Crippen LogP contribution is 2.20. The van der Waals surface area contributed by atoms with E-state index in [4.69, 9.17) is 4.74 Å². The van der Waals surface area contributed by atoms with Crippen molar-refractivity contribution in [2.75, 3.05) is 0 Å². The van der Waals surface area contributed by atoms with Crippen LogP contribution >= 0.6 is 0 Å². The van der Waals surface area contributed by atoms with E-state index >= 15 is 0 Å². The summed E-state index contributed by atoms with van der Waals surface area (Å²) in [7, 11) is 0. The van der Waals surface area contributed by atoms with Gasteiger partial charge in [-0.05, 0) is 64.2 Å². The van der Waals surface area contributed by atoms with E-state index in [0.717, 1.165) is 31.2 Å². The Kier molecular flexibility index (Phi) is 5.99. The van der Waals surface area contributed by atoms with E-state index in [-0.39, 0.29) is 18.0 Å². The summed E-state index contributed by atoms with van der Waals surface area (Å²) in [4.78, 5) is 11.8. The molecule has 1 fully saturated rings. The van der Waals surface area contributed by atoms with Gasteiger partial charge in [0.2, 0.25) is 0 Å². The lowest BCUT2D eigenvalue weighted by molar-refractivity contribution is 0.0489. The van der Waals surface area contributed by atoms with E-state index in [1.54, 1.807) is 12.1 Å². The van der Waals surface area contributed by atoms with Gasteiger partial charge in [0, 0.05) is 18.6 Å². The molecule has 0 radical (unpaired) electrons. The third-order valence-electron chi connectivity index (χ3n) is 3.93. The van der Waals surface area contributed by atoms with Crippen molar-refractivity contribution >= 4 is 6.09 Å². The number of nitrogens with one attached hydrogen (secondary N) is 2. The molecule has 128 valence electrons. The van der Waals surface area contributed by atoms with Gasteiger partial charge in [-0.25, -0.2) is 9.18 Å². The number of halogens is 1. The molecule has 1 aromatic carbocycles. The van der Waals surface area contributed by atoms with Crippen molar-refractivity contribution in [3.05, 3.63) is 35.6 Å². The van der Waals surface area contributed by atoms with Gasteiger partial charge in [0.25, 0.3) is 0 Å². The van der Waals surface area contributed by atoms with Gasteiger partial charge < -0.3 is 15.4 Å². The first kappa shape index (κ1) is 17.7. The van der Waals surface area contributed by atoms with Crippen LogP contribution in [-0.2, 0) is 11.3 Å². The molecule has 0 bridgehead atoms. The van der Waals surface area contributed by atoms with Crippen molar-refractivity contribution in [2.24, 2.45) is 0 Å². The highest BCUT2D eigenvalue weighted by atomic mass is 19.1. The van der Waals surface area contributed by atoms with E-state index in [0.29, 0.717) is 12.6 Å². The van der Waals surface area contributed by atoms with E-state index < -0.39 is 5.60 Å². The second-order valence-electron chi connectivity index (χ2n) is 7.21. The van der Waals surface area contributed by atoms with E-state index in [2.05, 4.69) is 10.6 Å². The molecule has 2 N–H and O–H groups in total. The summed E-state index contributed by atoms with van der Waals surface area (Å²) in [6, 6.07) is 7.26. The maximum atomic E-state index is 13.1. The van der Waals surface area contributed by atoms with Crippen LogP contribution in [0.15, 0.2) is 24.3 Å². The number of alkyl carbamates (subject to hydrolysis) is 1. The Morgan fingerprint density at radius 1 is 1.22 bits per heavy atom. The first-order valence-electron chi connectivity index (χ1n) is 8.29. The smallest absolute Gasteiger partial charge is 0.407 e. The number of hydrogen-bond acceptors (Lipinski definition) is 3. The molecule has 1 amide bonds. The van der Waals surface area contributed by atoms with Crippen molar-refractivity contribution in [1.29, 1.82) is 0 Å². The first-order chi connectivity index (χ1) is 10.8. The molecular formula is C18H27FN2O2. The quantitative estimate of drug-likeness (QED) is 0.887. The van der Waals surface area contributed by atoms with E-state index in [1.165, 1.54) is 6.07 Å². The number of carbonyl (C=O) groups excluding carboxylic acids is 1. The molecule has 0 aliphatic heterocycles. The average molecular weight is 322 g/mol. The minimum atomic E-state index is -0.464. The van der Waals surface area contributed by atoms with Gasteiger partial charge in [0.15, 0.2) is 0 Å². The maximum Gasteiger partial charge on any atom is 0.407 e. The molecular weight excluding hydrogens is 295 g/mol. The Hall–Kier alpha value is -1.62. The fourth-order valence-corrected chi connectivity index (χ4v) is 2.83. The van der Waals surface area contributed by atoms with Crippen molar-refractivity contribution in [1.82, 2.24) is 10.6 Å². The molecule has 1 aliphatic carbocycles. The molecule has 5 heteroatoms. The summed E-state index contributed by atoms with van der Waals surface area (Å²) < 4.78 is 18.4. The molecule has 0 aromatic heterocycles. The Balaban J connectivity index is 1.69. The third-order valence-corrected chi connectivity index (χ3v) is 3.93. The number of hydrogen-bond donors (Lipinski definition) is 2. The Bertz CT molecular complexity index is 520. The highest BCUT2D eigenvalue weighted by molar-refractivity contribution is 5.68. The Labute approximate surface area is 137 Å². The van der Waals surface area contributed by atoms with E-state index in [9.17, 15) is 9.18 Å². The molecule has 0 unspecified atom stereocenters. The van der Waals surface area contributed by atoms with Crippen molar-refractivity contribution in [2.45, 2.75) is 70.7 Å². The van der Waals surface area contributed by atoms with Crippen molar-refractivity contribution in [3.8, 4) is 0 Å². The fourth-order valence-electron chi connectivity index (χ4n) is 2.83. The van der Waals surface area contributed by atoms with Crippen LogP contribution in [0.25, 0.3) is 0 Å². The fraction of sp³-hybridized carbons (Fsp3) is 0.611. The van der Waals surface area contributed by atoms with Crippen molar-refractivity contribution < 1.29 is 13.9 Å². The SMILES string of the molecule is CC(C)(C)OC(=O)NC1CCC(NCc2cccc(F)c2)CC1. The number of ether oxygens (including phenoxy) is 1. The summed E-state index contributed by atoms with van der Waals surface area (Å²) in [5.41, 5.74) is 0.493. The predicted molar refractivity (Wildman–Crippen MR) is 88.7 cm³/mol. The summed E-state index contributed by atoms with van der Waals surface area (Å²) in [6.07, 6.45) is 3.51. The van der Waals surface area contributed by atoms with Crippen LogP contribution in [0.1, 0.15) is 52.0 Å². The van der Waals surface area contributed by atoms with Gasteiger partial charge in [-0.2, -0.15) is 0 Å². The zero-order valence-electron chi connectivity index (χ0n) is 14.2. The molecule has 0 spiro atoms. The largest absolute Gasteiger partial charge is 0.444 e. The molecule has 1 aliphatic rings.